The van der Waals surface area contributed by atoms with Crippen molar-refractivity contribution in [3.05, 3.63) is 34.6 Å². The molecular formula is C15H16O4. The normalized spacial score (nSPS) is 34.4. The Labute approximate surface area is 111 Å². The summed E-state index contributed by atoms with van der Waals surface area (Å²) in [6, 6.07) is 0. The molecule has 1 heterocycles. The minimum absolute atomic E-state index is 0.0569. The molecule has 0 aromatic carbocycles. The molecule has 0 aromatic rings. The zero-order chi connectivity index (χ0) is 13.9. The number of hydrogen-bond acceptors (Lipinski definition) is 4. The van der Waals surface area contributed by atoms with Crippen LogP contribution < -0.4 is 0 Å². The van der Waals surface area contributed by atoms with E-state index in [-0.39, 0.29) is 35.5 Å². The first-order chi connectivity index (χ1) is 8.93. The maximum absolute atomic E-state index is 12.1. The molecule has 1 fully saturated rings. The van der Waals surface area contributed by atoms with E-state index in [1.807, 2.05) is 6.92 Å². The molecule has 0 aromatic heterocycles. The third-order valence-electron chi connectivity index (χ3n) is 4.58. The average molecular weight is 260 g/mol. The maximum Gasteiger partial charge on any atom is 0.334 e. The number of allylic oxidation sites excluding steroid dienone is 2. The highest BCUT2D eigenvalue weighted by Gasteiger charge is 2.51. The Morgan fingerprint density at radius 3 is 2.68 bits per heavy atom. The molecule has 100 valence electrons. The van der Waals surface area contributed by atoms with Gasteiger partial charge in [0.1, 0.15) is 6.10 Å². The van der Waals surface area contributed by atoms with Crippen molar-refractivity contribution in [1.29, 1.82) is 0 Å². The number of esters is 1. The van der Waals surface area contributed by atoms with Crippen LogP contribution in [0.2, 0.25) is 0 Å². The van der Waals surface area contributed by atoms with Gasteiger partial charge in [-0.1, -0.05) is 12.2 Å². The molecule has 1 saturated heterocycles. The number of hydrogen-bond donors (Lipinski definition) is 1. The monoisotopic (exact) mass is 260 g/mol. The van der Waals surface area contributed by atoms with Gasteiger partial charge in [0.15, 0.2) is 5.76 Å². The van der Waals surface area contributed by atoms with E-state index in [0.29, 0.717) is 16.7 Å². The Bertz CT molecular complexity index is 579. The van der Waals surface area contributed by atoms with Gasteiger partial charge in [-0.05, 0) is 32.3 Å². The number of rotatable bonds is 0. The van der Waals surface area contributed by atoms with E-state index in [4.69, 9.17) is 4.74 Å². The van der Waals surface area contributed by atoms with Crippen molar-refractivity contribution >= 4 is 11.8 Å². The Balaban J connectivity index is 2.14. The van der Waals surface area contributed by atoms with Gasteiger partial charge < -0.3 is 9.84 Å². The molecule has 1 N–H and O–H groups in total. The van der Waals surface area contributed by atoms with E-state index in [0.717, 1.165) is 18.4 Å². The van der Waals surface area contributed by atoms with E-state index >= 15 is 0 Å². The molecule has 2 aliphatic carbocycles. The summed E-state index contributed by atoms with van der Waals surface area (Å²) in [5.41, 5.74) is 2.70. The smallest absolute Gasteiger partial charge is 0.334 e. The summed E-state index contributed by atoms with van der Waals surface area (Å²) < 4.78 is 5.42. The van der Waals surface area contributed by atoms with Crippen molar-refractivity contribution in [1.82, 2.24) is 0 Å². The summed E-state index contributed by atoms with van der Waals surface area (Å²) >= 11 is 0. The van der Waals surface area contributed by atoms with Crippen molar-refractivity contribution in [2.75, 3.05) is 0 Å². The van der Waals surface area contributed by atoms with Crippen LogP contribution in [0, 0.1) is 11.8 Å². The molecule has 3 aliphatic rings. The van der Waals surface area contributed by atoms with Gasteiger partial charge in [-0.25, -0.2) is 4.79 Å². The third kappa shape index (κ3) is 1.46. The van der Waals surface area contributed by atoms with Gasteiger partial charge in [-0.2, -0.15) is 0 Å². The highest BCUT2D eigenvalue weighted by atomic mass is 16.6. The molecule has 3 atom stereocenters. The highest BCUT2D eigenvalue weighted by molar-refractivity contribution is 6.11. The largest absolute Gasteiger partial charge is 0.504 e. The van der Waals surface area contributed by atoms with E-state index in [2.05, 4.69) is 6.58 Å². The quantitative estimate of drug-likeness (QED) is 0.536. The minimum atomic E-state index is -0.388. The van der Waals surface area contributed by atoms with Gasteiger partial charge in [-0.3, -0.25) is 4.79 Å². The summed E-state index contributed by atoms with van der Waals surface area (Å²) in [6.45, 7) is 7.45. The fraction of sp³-hybridized carbons (Fsp3) is 0.467. The first-order valence-electron chi connectivity index (χ1n) is 6.47. The van der Waals surface area contributed by atoms with Crippen LogP contribution in [0.25, 0.3) is 0 Å². The summed E-state index contributed by atoms with van der Waals surface area (Å²) in [4.78, 5) is 23.8. The zero-order valence-corrected chi connectivity index (χ0v) is 11.0. The fourth-order valence-corrected chi connectivity index (χ4v) is 3.46. The SMILES string of the molecule is C=C1C(=O)OC2C1CCC(C)=C1C(=O)C(O)=C(C)C12. The Morgan fingerprint density at radius 1 is 1.32 bits per heavy atom. The van der Waals surface area contributed by atoms with Crippen LogP contribution in [0.1, 0.15) is 26.7 Å². The molecule has 4 nitrogen and oxygen atoms in total. The standard InChI is InChI=1S/C15H16O4/c1-6-4-5-9-7(2)15(18)19-14(9)11-8(3)12(16)13(17)10(6)11/h9,11,14,16H,2,4-5H2,1,3H3. The Morgan fingerprint density at radius 2 is 2.00 bits per heavy atom. The summed E-state index contributed by atoms with van der Waals surface area (Å²) in [5.74, 6) is -1.23. The second-order valence-corrected chi connectivity index (χ2v) is 5.57. The fourth-order valence-electron chi connectivity index (χ4n) is 3.46. The van der Waals surface area contributed by atoms with Crippen LogP contribution in [0.5, 0.6) is 0 Å². The maximum atomic E-state index is 12.1. The molecule has 0 amide bonds. The molecule has 19 heavy (non-hydrogen) atoms. The lowest BCUT2D eigenvalue weighted by molar-refractivity contribution is -0.140. The average Bonchev–Trinajstić information content (AvgIpc) is 2.70. The van der Waals surface area contributed by atoms with Gasteiger partial charge in [0.2, 0.25) is 5.78 Å². The van der Waals surface area contributed by atoms with Crippen LogP contribution in [0.4, 0.5) is 0 Å². The molecular weight excluding hydrogens is 244 g/mol. The number of ether oxygens (including phenoxy) is 1. The second-order valence-electron chi connectivity index (χ2n) is 5.57. The summed E-state index contributed by atoms with van der Waals surface area (Å²) in [6.07, 6.45) is 1.11. The number of fused-ring (bicyclic) bond motifs is 3. The Kier molecular flexibility index (Phi) is 2.46. The van der Waals surface area contributed by atoms with Crippen LogP contribution in [0.3, 0.4) is 0 Å². The highest BCUT2D eigenvalue weighted by Crippen LogP contribution is 2.48. The Hall–Kier alpha value is -1.84. The van der Waals surface area contributed by atoms with E-state index in [9.17, 15) is 14.7 Å². The topological polar surface area (TPSA) is 63.6 Å². The van der Waals surface area contributed by atoms with Gasteiger partial charge in [-0.15, -0.1) is 0 Å². The lowest BCUT2D eigenvalue weighted by atomic mass is 9.83. The van der Waals surface area contributed by atoms with Crippen LogP contribution in [0.15, 0.2) is 34.6 Å². The number of ketones is 1. The van der Waals surface area contributed by atoms with Gasteiger partial charge >= 0.3 is 5.97 Å². The van der Waals surface area contributed by atoms with Gasteiger partial charge in [0.05, 0.1) is 5.92 Å². The molecule has 3 rings (SSSR count). The van der Waals surface area contributed by atoms with Crippen molar-refractivity contribution in [3.63, 3.8) is 0 Å². The molecule has 0 spiro atoms. The van der Waals surface area contributed by atoms with E-state index in [1.54, 1.807) is 6.92 Å². The molecule has 3 unspecified atom stereocenters. The molecule has 4 heteroatoms. The van der Waals surface area contributed by atoms with Gasteiger partial charge in [0, 0.05) is 17.1 Å². The van der Waals surface area contributed by atoms with Crippen LogP contribution in [-0.4, -0.2) is 23.0 Å². The van der Waals surface area contributed by atoms with Gasteiger partial charge in [0.25, 0.3) is 0 Å². The van der Waals surface area contributed by atoms with Crippen molar-refractivity contribution in [3.8, 4) is 0 Å². The third-order valence-corrected chi connectivity index (χ3v) is 4.58. The first-order valence-corrected chi connectivity index (χ1v) is 6.47. The number of carbonyl (C=O) groups excluding carboxylic acids is 2. The predicted octanol–water partition coefficient (Wildman–Crippen LogP) is 2.23. The molecule has 0 saturated carbocycles. The van der Waals surface area contributed by atoms with Crippen molar-refractivity contribution in [2.24, 2.45) is 11.8 Å². The summed E-state index contributed by atoms with van der Waals surface area (Å²) in [5, 5.41) is 9.89. The van der Waals surface area contributed by atoms with Crippen molar-refractivity contribution in [2.45, 2.75) is 32.8 Å². The lowest BCUT2D eigenvalue weighted by Gasteiger charge is -2.22. The zero-order valence-electron chi connectivity index (χ0n) is 11.0. The number of aliphatic hydroxyl groups is 1. The first kappa shape index (κ1) is 12.2. The predicted molar refractivity (Wildman–Crippen MR) is 68.3 cm³/mol. The van der Waals surface area contributed by atoms with Crippen LogP contribution in [-0.2, 0) is 14.3 Å². The minimum Gasteiger partial charge on any atom is -0.504 e. The van der Waals surface area contributed by atoms with Crippen molar-refractivity contribution < 1.29 is 19.4 Å². The number of Topliss-reactive ketones (excluding diaryl/α,β-unsaturated/α-hetero) is 1. The second kappa shape index (κ2) is 3.83. The van der Waals surface area contributed by atoms with E-state index in [1.165, 1.54) is 0 Å². The molecule has 1 aliphatic heterocycles. The molecule has 0 bridgehead atoms. The number of carbonyl (C=O) groups is 2. The lowest BCUT2D eigenvalue weighted by Crippen LogP contribution is -2.27. The van der Waals surface area contributed by atoms with Crippen LogP contribution >= 0.6 is 0 Å². The number of aliphatic hydroxyl groups excluding tert-OH is 1. The van der Waals surface area contributed by atoms with E-state index < -0.39 is 0 Å². The summed E-state index contributed by atoms with van der Waals surface area (Å²) in [7, 11) is 0. The molecule has 0 radical (unpaired) electrons.